The molecule has 0 saturated heterocycles. The quantitative estimate of drug-likeness (QED) is 0.644. The topological polar surface area (TPSA) is 9.23 Å². The first kappa shape index (κ1) is 7.85. The minimum Gasteiger partial charge on any atom is -0.206 e. The highest BCUT2D eigenvalue weighted by Crippen LogP contribution is 2.22. The maximum absolute atomic E-state index is 12.6. The van der Waals surface area contributed by atoms with Gasteiger partial charge in [-0.3, -0.25) is 0 Å². The van der Waals surface area contributed by atoms with Crippen molar-refractivity contribution in [3.8, 4) is 0 Å². The fraction of sp³-hybridized carbons (Fsp3) is 0. The molecular formula is C6H4ClFOS. The summed E-state index contributed by atoms with van der Waals surface area (Å²) in [5.74, 6) is -0.326. The molecule has 4 heteroatoms. The zero-order chi connectivity index (χ0) is 7.40. The summed E-state index contributed by atoms with van der Waals surface area (Å²) in [5, 5.41) is 0. The summed E-state index contributed by atoms with van der Waals surface area (Å²) in [7, 11) is 0. The van der Waals surface area contributed by atoms with E-state index in [0.717, 1.165) is 12.0 Å². The van der Waals surface area contributed by atoms with Gasteiger partial charge in [-0.15, -0.1) is 0 Å². The molecule has 10 heavy (non-hydrogen) atoms. The van der Waals surface area contributed by atoms with Gasteiger partial charge in [0, 0.05) is 0 Å². The predicted molar refractivity (Wildman–Crippen MR) is 39.2 cm³/mol. The van der Waals surface area contributed by atoms with Crippen LogP contribution in [0.15, 0.2) is 29.2 Å². The monoisotopic (exact) mass is 178 g/mol. The first-order chi connectivity index (χ1) is 4.84. The maximum Gasteiger partial charge on any atom is 0.139 e. The fourth-order valence-electron chi connectivity index (χ4n) is 0.546. The van der Waals surface area contributed by atoms with Crippen LogP contribution in [0.3, 0.4) is 0 Å². The summed E-state index contributed by atoms with van der Waals surface area (Å²) >= 11 is 5.70. The first-order valence-electron chi connectivity index (χ1n) is 2.54. The van der Waals surface area contributed by atoms with Crippen LogP contribution in [-0.4, -0.2) is 0 Å². The highest BCUT2D eigenvalue weighted by atomic mass is 35.5. The van der Waals surface area contributed by atoms with Gasteiger partial charge in [-0.05, 0) is 12.1 Å². The Morgan fingerprint density at radius 1 is 1.40 bits per heavy atom. The molecule has 0 amide bonds. The van der Waals surface area contributed by atoms with E-state index in [-0.39, 0.29) is 5.82 Å². The van der Waals surface area contributed by atoms with Crippen molar-refractivity contribution in [2.75, 3.05) is 0 Å². The van der Waals surface area contributed by atoms with Crippen LogP contribution in [0, 0.1) is 5.82 Å². The van der Waals surface area contributed by atoms with Gasteiger partial charge in [0.05, 0.1) is 28.8 Å². The van der Waals surface area contributed by atoms with Crippen molar-refractivity contribution in [1.82, 2.24) is 0 Å². The van der Waals surface area contributed by atoms with E-state index in [1.54, 1.807) is 18.2 Å². The van der Waals surface area contributed by atoms with E-state index >= 15 is 0 Å². The van der Waals surface area contributed by atoms with Crippen molar-refractivity contribution in [3.05, 3.63) is 30.1 Å². The van der Waals surface area contributed by atoms with Crippen molar-refractivity contribution in [2.45, 2.75) is 4.90 Å². The van der Waals surface area contributed by atoms with Gasteiger partial charge in [-0.1, -0.05) is 12.1 Å². The Bertz CT molecular complexity index is 219. The molecule has 0 heterocycles. The van der Waals surface area contributed by atoms with Gasteiger partial charge in [0.1, 0.15) is 5.82 Å². The number of hydrogen-bond acceptors (Lipinski definition) is 2. The highest BCUT2D eigenvalue weighted by Gasteiger charge is 1.99. The van der Waals surface area contributed by atoms with Gasteiger partial charge in [0.25, 0.3) is 0 Å². The van der Waals surface area contributed by atoms with Crippen LogP contribution in [0.4, 0.5) is 4.39 Å². The average Bonchev–Trinajstić information content (AvgIpc) is 1.94. The summed E-state index contributed by atoms with van der Waals surface area (Å²) in [6, 6.07) is 6.25. The molecule has 0 spiro atoms. The Hall–Kier alpha value is -0.250. The second-order valence-corrected chi connectivity index (χ2v) is 2.69. The summed E-state index contributed by atoms with van der Waals surface area (Å²) in [5.41, 5.74) is 0. The molecule has 0 fully saturated rings. The summed E-state index contributed by atoms with van der Waals surface area (Å²) in [6.45, 7) is 0. The molecule has 0 aliphatic heterocycles. The number of halogens is 2. The van der Waals surface area contributed by atoms with E-state index in [1.165, 1.54) is 6.07 Å². The number of benzene rings is 1. The second-order valence-electron chi connectivity index (χ2n) is 1.58. The number of rotatable bonds is 2. The van der Waals surface area contributed by atoms with Crippen LogP contribution < -0.4 is 0 Å². The molecule has 0 atom stereocenters. The lowest BCUT2D eigenvalue weighted by atomic mass is 10.4. The Kier molecular flexibility index (Phi) is 2.99. The van der Waals surface area contributed by atoms with Gasteiger partial charge in [-0.25, -0.2) is 8.13 Å². The molecule has 0 unspecified atom stereocenters. The molecule has 0 radical (unpaired) electrons. The summed E-state index contributed by atoms with van der Waals surface area (Å²) < 4.78 is 16.8. The fourth-order valence-corrected chi connectivity index (χ4v) is 1.10. The highest BCUT2D eigenvalue weighted by molar-refractivity contribution is 7.95. The Balaban J connectivity index is 2.81. The van der Waals surface area contributed by atoms with E-state index < -0.39 is 0 Å². The Morgan fingerprint density at radius 2 is 2.10 bits per heavy atom. The third kappa shape index (κ3) is 1.87. The van der Waals surface area contributed by atoms with Gasteiger partial charge in [0.2, 0.25) is 0 Å². The molecule has 0 N–H and O–H groups in total. The van der Waals surface area contributed by atoms with Crippen LogP contribution in [0.5, 0.6) is 0 Å². The van der Waals surface area contributed by atoms with Crippen LogP contribution in [0.1, 0.15) is 0 Å². The minimum atomic E-state index is -0.326. The van der Waals surface area contributed by atoms with Gasteiger partial charge in [0.15, 0.2) is 0 Å². The molecule has 1 aromatic rings. The lowest BCUT2D eigenvalue weighted by molar-refractivity contribution is 0.596. The van der Waals surface area contributed by atoms with Crippen LogP contribution >= 0.6 is 23.9 Å². The third-order valence-corrected chi connectivity index (χ3v) is 1.72. The predicted octanol–water partition coefficient (Wildman–Crippen LogP) is 3.00. The maximum atomic E-state index is 12.6. The van der Waals surface area contributed by atoms with Crippen molar-refractivity contribution in [2.24, 2.45) is 0 Å². The molecule has 1 rings (SSSR count). The third-order valence-electron chi connectivity index (χ3n) is 0.958. The zero-order valence-corrected chi connectivity index (χ0v) is 6.45. The second kappa shape index (κ2) is 3.81. The van der Waals surface area contributed by atoms with E-state index in [4.69, 9.17) is 11.9 Å². The van der Waals surface area contributed by atoms with Crippen LogP contribution in [0.2, 0.25) is 0 Å². The SMILES string of the molecule is Fc1ccccc1SOCl. The normalized spacial score (nSPS) is 9.80. The molecule has 0 bridgehead atoms. The molecule has 1 aromatic carbocycles. The molecule has 0 aliphatic rings. The van der Waals surface area contributed by atoms with Crippen molar-refractivity contribution in [1.29, 1.82) is 0 Å². The lowest BCUT2D eigenvalue weighted by Gasteiger charge is -1.95. The first-order valence-corrected chi connectivity index (χ1v) is 3.59. The Morgan fingerprint density at radius 3 is 2.70 bits per heavy atom. The molecule has 0 aromatic heterocycles. The molecule has 54 valence electrons. The summed E-state index contributed by atoms with van der Waals surface area (Å²) in [4.78, 5) is 0.387. The largest absolute Gasteiger partial charge is 0.206 e. The average molecular weight is 179 g/mol. The zero-order valence-electron chi connectivity index (χ0n) is 4.88. The Labute approximate surface area is 67.5 Å². The van der Waals surface area contributed by atoms with E-state index in [1.807, 2.05) is 0 Å². The standard InChI is InChI=1S/C6H4ClFOS/c7-9-10-6-4-2-1-3-5(6)8/h1-4H. The smallest absolute Gasteiger partial charge is 0.139 e. The van der Waals surface area contributed by atoms with E-state index in [9.17, 15) is 4.39 Å². The molecule has 1 nitrogen and oxygen atoms in total. The number of hydrogen-bond donors (Lipinski definition) is 0. The van der Waals surface area contributed by atoms with Crippen molar-refractivity contribution in [3.63, 3.8) is 0 Å². The van der Waals surface area contributed by atoms with Crippen molar-refractivity contribution >= 4 is 23.9 Å². The minimum absolute atomic E-state index is 0.326. The van der Waals surface area contributed by atoms with Gasteiger partial charge < -0.3 is 0 Å². The van der Waals surface area contributed by atoms with E-state index in [2.05, 4.69) is 3.74 Å². The lowest BCUT2D eigenvalue weighted by Crippen LogP contribution is -1.76. The van der Waals surface area contributed by atoms with E-state index in [0.29, 0.717) is 4.90 Å². The molecule has 0 saturated carbocycles. The van der Waals surface area contributed by atoms with Gasteiger partial charge in [-0.2, -0.15) is 0 Å². The van der Waals surface area contributed by atoms with Crippen LogP contribution in [-0.2, 0) is 3.74 Å². The summed E-state index contributed by atoms with van der Waals surface area (Å²) in [6.07, 6.45) is 0. The van der Waals surface area contributed by atoms with Crippen molar-refractivity contribution < 1.29 is 8.13 Å². The van der Waals surface area contributed by atoms with Gasteiger partial charge >= 0.3 is 0 Å². The molecular weight excluding hydrogens is 175 g/mol. The molecule has 0 aliphatic carbocycles. The van der Waals surface area contributed by atoms with Crippen LogP contribution in [0.25, 0.3) is 0 Å².